The molecule has 2 unspecified atom stereocenters. The van der Waals surface area contributed by atoms with Crippen LogP contribution in [0.2, 0.25) is 0 Å². The molecule has 1 aromatic heterocycles. The van der Waals surface area contributed by atoms with Gasteiger partial charge >= 0.3 is 6.18 Å². The van der Waals surface area contributed by atoms with Crippen LogP contribution in [-0.2, 0) is 6.18 Å². The molecular formula is C20H23F4N5. The highest BCUT2D eigenvalue weighted by Gasteiger charge is 2.32. The number of alkyl halides is 3. The first-order chi connectivity index (χ1) is 13.9. The zero-order chi connectivity index (χ0) is 20.6. The van der Waals surface area contributed by atoms with Gasteiger partial charge in [0.1, 0.15) is 11.6 Å². The molecule has 2 fully saturated rings. The third-order valence-electron chi connectivity index (χ3n) is 5.75. The van der Waals surface area contributed by atoms with Gasteiger partial charge in [-0.1, -0.05) is 0 Å². The first kappa shape index (κ1) is 20.0. The normalized spacial score (nSPS) is 22.4. The monoisotopic (exact) mass is 409 g/mol. The molecule has 9 heteroatoms. The van der Waals surface area contributed by atoms with Crippen molar-refractivity contribution < 1.29 is 17.6 Å². The van der Waals surface area contributed by atoms with Gasteiger partial charge in [0.05, 0.1) is 11.1 Å². The Hall–Kier alpha value is -2.26. The van der Waals surface area contributed by atoms with Gasteiger partial charge in [-0.3, -0.25) is 0 Å². The second-order valence-electron chi connectivity index (χ2n) is 7.69. The van der Waals surface area contributed by atoms with Crippen molar-refractivity contribution in [1.29, 1.82) is 0 Å². The highest BCUT2D eigenvalue weighted by Crippen LogP contribution is 2.35. The van der Waals surface area contributed by atoms with Crippen molar-refractivity contribution >= 4 is 5.82 Å². The lowest BCUT2D eigenvalue weighted by atomic mass is 9.99. The molecule has 156 valence electrons. The van der Waals surface area contributed by atoms with E-state index in [1.165, 1.54) is 0 Å². The number of nitrogens with one attached hydrogen (secondary N) is 1. The standard InChI is InChI=1S/C20H23F4N5/c21-17-7-14(20(22,23)24)1-2-15(17)18-27-10-16(13-3-5-26-9-13)19(28-18)29-6-4-12(8-25)11-29/h1-2,7,10,12-13,26H,3-6,8-9,11,25H2. The van der Waals surface area contributed by atoms with Crippen LogP contribution in [0, 0.1) is 11.7 Å². The highest BCUT2D eigenvalue weighted by atomic mass is 19.4. The summed E-state index contributed by atoms with van der Waals surface area (Å²) >= 11 is 0. The molecule has 0 radical (unpaired) electrons. The Balaban J connectivity index is 1.73. The molecule has 3 N–H and O–H groups in total. The first-order valence-corrected chi connectivity index (χ1v) is 9.76. The number of benzene rings is 1. The minimum Gasteiger partial charge on any atom is -0.356 e. The van der Waals surface area contributed by atoms with Gasteiger partial charge in [-0.15, -0.1) is 0 Å². The van der Waals surface area contributed by atoms with Crippen LogP contribution in [0.5, 0.6) is 0 Å². The van der Waals surface area contributed by atoms with Crippen molar-refractivity contribution in [2.75, 3.05) is 37.6 Å². The summed E-state index contributed by atoms with van der Waals surface area (Å²) in [6.07, 6.45) is -0.995. The van der Waals surface area contributed by atoms with Gasteiger partial charge in [0.15, 0.2) is 5.82 Å². The summed E-state index contributed by atoms with van der Waals surface area (Å²) in [6.45, 7) is 3.86. The highest BCUT2D eigenvalue weighted by molar-refractivity contribution is 5.61. The van der Waals surface area contributed by atoms with Gasteiger partial charge in [-0.2, -0.15) is 13.2 Å². The average molecular weight is 409 g/mol. The molecule has 3 heterocycles. The second-order valence-corrected chi connectivity index (χ2v) is 7.69. The van der Waals surface area contributed by atoms with Crippen molar-refractivity contribution in [1.82, 2.24) is 15.3 Å². The lowest BCUT2D eigenvalue weighted by Crippen LogP contribution is -2.26. The molecule has 29 heavy (non-hydrogen) atoms. The van der Waals surface area contributed by atoms with Crippen molar-refractivity contribution in [2.24, 2.45) is 11.7 Å². The molecular weight excluding hydrogens is 386 g/mol. The largest absolute Gasteiger partial charge is 0.416 e. The van der Waals surface area contributed by atoms with Crippen LogP contribution in [0.1, 0.15) is 29.9 Å². The van der Waals surface area contributed by atoms with E-state index in [-0.39, 0.29) is 17.3 Å². The molecule has 2 aliphatic rings. The zero-order valence-corrected chi connectivity index (χ0v) is 15.8. The third-order valence-corrected chi connectivity index (χ3v) is 5.75. The average Bonchev–Trinajstić information content (AvgIpc) is 3.38. The number of hydrogen-bond acceptors (Lipinski definition) is 5. The van der Waals surface area contributed by atoms with Crippen LogP contribution in [-0.4, -0.2) is 42.7 Å². The fourth-order valence-electron chi connectivity index (χ4n) is 4.06. The molecule has 0 aliphatic carbocycles. The Morgan fingerprint density at radius 3 is 2.69 bits per heavy atom. The second kappa shape index (κ2) is 7.87. The quantitative estimate of drug-likeness (QED) is 0.760. The Morgan fingerprint density at radius 1 is 1.24 bits per heavy atom. The fraction of sp³-hybridized carbons (Fsp3) is 0.500. The van der Waals surface area contributed by atoms with E-state index in [0.29, 0.717) is 18.5 Å². The first-order valence-electron chi connectivity index (χ1n) is 9.76. The molecule has 5 nitrogen and oxygen atoms in total. The van der Waals surface area contributed by atoms with E-state index in [2.05, 4.69) is 20.2 Å². The summed E-state index contributed by atoms with van der Waals surface area (Å²) in [5.41, 5.74) is 5.74. The van der Waals surface area contributed by atoms with E-state index in [4.69, 9.17) is 5.73 Å². The predicted octanol–water partition coefficient (Wildman–Crippen LogP) is 3.16. The van der Waals surface area contributed by atoms with Gasteiger partial charge in [0.25, 0.3) is 0 Å². The summed E-state index contributed by atoms with van der Waals surface area (Å²) in [5, 5.41) is 3.32. The number of hydrogen-bond donors (Lipinski definition) is 2. The number of halogens is 4. The number of anilines is 1. The number of rotatable bonds is 4. The molecule has 2 saturated heterocycles. The van der Waals surface area contributed by atoms with Crippen LogP contribution in [0.15, 0.2) is 24.4 Å². The maximum Gasteiger partial charge on any atom is 0.416 e. The summed E-state index contributed by atoms with van der Waals surface area (Å²) in [6, 6.07) is 2.45. The predicted molar refractivity (Wildman–Crippen MR) is 102 cm³/mol. The van der Waals surface area contributed by atoms with E-state index in [0.717, 1.165) is 62.5 Å². The summed E-state index contributed by atoms with van der Waals surface area (Å²) in [5.74, 6) is 0.470. The summed E-state index contributed by atoms with van der Waals surface area (Å²) in [7, 11) is 0. The molecule has 0 saturated carbocycles. The molecule has 0 spiro atoms. The van der Waals surface area contributed by atoms with Gasteiger partial charge in [0, 0.05) is 37.3 Å². The van der Waals surface area contributed by atoms with Crippen LogP contribution >= 0.6 is 0 Å². The molecule has 0 bridgehead atoms. The van der Waals surface area contributed by atoms with Crippen LogP contribution in [0.4, 0.5) is 23.4 Å². The Labute approximate surface area is 166 Å². The zero-order valence-electron chi connectivity index (χ0n) is 15.8. The van der Waals surface area contributed by atoms with Crippen molar-refractivity contribution in [2.45, 2.75) is 24.9 Å². The van der Waals surface area contributed by atoms with E-state index in [1.807, 2.05) is 0 Å². The van der Waals surface area contributed by atoms with Crippen molar-refractivity contribution in [3.05, 3.63) is 41.3 Å². The Kier molecular flexibility index (Phi) is 5.44. The number of aromatic nitrogens is 2. The van der Waals surface area contributed by atoms with Crippen LogP contribution < -0.4 is 16.0 Å². The maximum absolute atomic E-state index is 14.5. The minimum absolute atomic E-state index is 0.0371. The molecule has 2 atom stereocenters. The van der Waals surface area contributed by atoms with E-state index in [1.54, 1.807) is 6.20 Å². The van der Waals surface area contributed by atoms with Gasteiger partial charge in [0.2, 0.25) is 0 Å². The minimum atomic E-state index is -4.60. The molecule has 2 aliphatic heterocycles. The lowest BCUT2D eigenvalue weighted by Gasteiger charge is -2.23. The van der Waals surface area contributed by atoms with E-state index < -0.39 is 17.6 Å². The topological polar surface area (TPSA) is 67.1 Å². The third kappa shape index (κ3) is 4.06. The number of nitrogens with two attached hydrogens (primary N) is 1. The van der Waals surface area contributed by atoms with Crippen LogP contribution in [0.3, 0.4) is 0 Å². The molecule has 0 amide bonds. The van der Waals surface area contributed by atoms with Gasteiger partial charge < -0.3 is 16.0 Å². The number of nitrogens with zero attached hydrogens (tertiary/aromatic N) is 3. The summed E-state index contributed by atoms with van der Waals surface area (Å²) in [4.78, 5) is 11.1. The molecule has 4 rings (SSSR count). The van der Waals surface area contributed by atoms with E-state index >= 15 is 0 Å². The Morgan fingerprint density at radius 2 is 2.07 bits per heavy atom. The van der Waals surface area contributed by atoms with Gasteiger partial charge in [-0.25, -0.2) is 14.4 Å². The fourth-order valence-corrected chi connectivity index (χ4v) is 4.06. The molecule has 1 aromatic carbocycles. The van der Waals surface area contributed by atoms with Gasteiger partial charge in [-0.05, 0) is 50.0 Å². The van der Waals surface area contributed by atoms with Crippen molar-refractivity contribution in [3.63, 3.8) is 0 Å². The smallest absolute Gasteiger partial charge is 0.356 e. The SMILES string of the molecule is NCC1CCN(c2nc(-c3ccc(C(F)(F)F)cc3F)ncc2C2CCNC2)C1. The summed E-state index contributed by atoms with van der Waals surface area (Å²) < 4.78 is 53.0. The lowest BCUT2D eigenvalue weighted by molar-refractivity contribution is -0.137. The van der Waals surface area contributed by atoms with Crippen molar-refractivity contribution in [3.8, 4) is 11.4 Å². The maximum atomic E-state index is 14.5. The molecule has 2 aromatic rings. The van der Waals surface area contributed by atoms with Crippen LogP contribution in [0.25, 0.3) is 11.4 Å². The Bertz CT molecular complexity index is 880. The van der Waals surface area contributed by atoms with E-state index in [9.17, 15) is 17.6 Å².